The molecule has 0 atom stereocenters. The summed E-state index contributed by atoms with van der Waals surface area (Å²) >= 11 is 0. The molecule has 0 aliphatic rings. The van der Waals surface area contributed by atoms with Crippen molar-refractivity contribution < 1.29 is 41.8 Å². The van der Waals surface area contributed by atoms with Gasteiger partial charge in [-0.1, -0.05) is 13.0 Å². The second kappa shape index (κ2) is 11.2. The minimum absolute atomic E-state index is 0.00796. The molecule has 0 saturated carbocycles. The molecule has 0 aromatic heterocycles. The van der Waals surface area contributed by atoms with Crippen LogP contribution in [0.5, 0.6) is 0 Å². The van der Waals surface area contributed by atoms with Gasteiger partial charge in [-0.2, -0.15) is 0 Å². The Bertz CT molecular complexity index is 1140. The summed E-state index contributed by atoms with van der Waals surface area (Å²) in [6.45, 7) is 1.08. The Labute approximate surface area is 190 Å². The Balaban J connectivity index is 2.11. The van der Waals surface area contributed by atoms with Gasteiger partial charge in [-0.3, -0.25) is 4.79 Å². The van der Waals surface area contributed by atoms with Crippen molar-refractivity contribution in [3.05, 3.63) is 59.2 Å². The highest BCUT2D eigenvalue weighted by Crippen LogP contribution is 2.17. The van der Waals surface area contributed by atoms with Crippen LogP contribution in [-0.4, -0.2) is 59.6 Å². The molecule has 33 heavy (non-hydrogen) atoms. The van der Waals surface area contributed by atoms with Crippen molar-refractivity contribution in [3.63, 3.8) is 0 Å². The van der Waals surface area contributed by atoms with Crippen LogP contribution in [0.1, 0.15) is 38.0 Å². The van der Waals surface area contributed by atoms with Crippen molar-refractivity contribution in [2.75, 3.05) is 32.7 Å². The summed E-state index contributed by atoms with van der Waals surface area (Å²) in [6.07, 6.45) is 0. The number of hydrogen-bond donors (Lipinski definition) is 2. The highest BCUT2D eigenvalue weighted by molar-refractivity contribution is 7.89. The van der Waals surface area contributed by atoms with Crippen LogP contribution < -0.4 is 10.0 Å². The number of hydrogen-bond acceptors (Lipinski definition) is 9. The van der Waals surface area contributed by atoms with Gasteiger partial charge < -0.3 is 19.5 Å². The van der Waals surface area contributed by atoms with Gasteiger partial charge in [0.05, 0.1) is 35.8 Å². The van der Waals surface area contributed by atoms with Gasteiger partial charge in [0.2, 0.25) is 10.0 Å². The molecular formula is C21H22N2O9S. The maximum atomic E-state index is 12.3. The quantitative estimate of drug-likeness (QED) is 0.401. The van der Waals surface area contributed by atoms with E-state index in [1.807, 2.05) is 0 Å². The van der Waals surface area contributed by atoms with Gasteiger partial charge in [0, 0.05) is 12.2 Å². The van der Waals surface area contributed by atoms with Crippen molar-refractivity contribution in [1.82, 2.24) is 4.72 Å². The SMILES string of the molecule is CCNS(=O)(=O)c1cccc(C(=O)OCC(=O)Nc2cc(C(=O)OC)cc(C(=O)OC)c2)c1. The maximum absolute atomic E-state index is 12.3. The predicted molar refractivity (Wildman–Crippen MR) is 115 cm³/mol. The van der Waals surface area contributed by atoms with Crippen LogP contribution >= 0.6 is 0 Å². The van der Waals surface area contributed by atoms with E-state index in [1.54, 1.807) is 6.92 Å². The van der Waals surface area contributed by atoms with Crippen LogP contribution in [0.2, 0.25) is 0 Å². The predicted octanol–water partition coefficient (Wildman–Crippen LogP) is 1.35. The van der Waals surface area contributed by atoms with E-state index in [0.29, 0.717) is 0 Å². The topological polar surface area (TPSA) is 154 Å². The Morgan fingerprint density at radius 3 is 2.00 bits per heavy atom. The van der Waals surface area contributed by atoms with Crippen LogP contribution in [0, 0.1) is 0 Å². The van der Waals surface area contributed by atoms with E-state index in [-0.39, 0.29) is 33.8 Å². The number of ether oxygens (including phenoxy) is 3. The normalized spacial score (nSPS) is 10.8. The third-order valence-corrected chi connectivity index (χ3v) is 5.65. The number of sulfonamides is 1. The monoisotopic (exact) mass is 478 g/mol. The molecule has 0 heterocycles. The van der Waals surface area contributed by atoms with Crippen LogP contribution in [0.15, 0.2) is 47.4 Å². The van der Waals surface area contributed by atoms with E-state index in [2.05, 4.69) is 19.5 Å². The standard InChI is InChI=1S/C21H22N2O9S/c1-4-22-33(28,29)17-7-5-6-13(11-17)21(27)32-12-18(24)23-16-9-14(19(25)30-2)8-15(10-16)20(26)31-3/h5-11,22H,4,12H2,1-3H3,(H,23,24). The van der Waals surface area contributed by atoms with Gasteiger partial charge in [-0.25, -0.2) is 27.5 Å². The summed E-state index contributed by atoms with van der Waals surface area (Å²) in [5.41, 5.74) is -0.0154. The molecule has 11 nitrogen and oxygen atoms in total. The zero-order chi connectivity index (χ0) is 24.6. The molecule has 0 fully saturated rings. The van der Waals surface area contributed by atoms with Gasteiger partial charge in [-0.15, -0.1) is 0 Å². The summed E-state index contributed by atoms with van der Waals surface area (Å²) in [6, 6.07) is 8.93. The Hall–Kier alpha value is -3.77. The third-order valence-electron chi connectivity index (χ3n) is 4.11. The lowest BCUT2D eigenvalue weighted by Gasteiger charge is -2.10. The largest absolute Gasteiger partial charge is 0.465 e. The Kier molecular flexibility index (Phi) is 8.65. The lowest BCUT2D eigenvalue weighted by molar-refractivity contribution is -0.119. The van der Waals surface area contributed by atoms with Crippen LogP contribution in [-0.2, 0) is 29.0 Å². The summed E-state index contributed by atoms with van der Waals surface area (Å²) in [5.74, 6) is -3.17. The molecule has 0 saturated heterocycles. The molecule has 2 rings (SSSR count). The molecule has 0 aliphatic heterocycles. The first-order valence-corrected chi connectivity index (χ1v) is 11.0. The number of nitrogens with one attached hydrogen (secondary N) is 2. The van der Waals surface area contributed by atoms with E-state index in [0.717, 1.165) is 20.3 Å². The van der Waals surface area contributed by atoms with E-state index in [9.17, 15) is 27.6 Å². The number of amides is 1. The molecule has 2 N–H and O–H groups in total. The number of esters is 3. The maximum Gasteiger partial charge on any atom is 0.338 e. The summed E-state index contributed by atoms with van der Waals surface area (Å²) in [5, 5.41) is 2.40. The lowest BCUT2D eigenvalue weighted by atomic mass is 10.1. The number of anilines is 1. The van der Waals surface area contributed by atoms with Crippen molar-refractivity contribution in [2.24, 2.45) is 0 Å². The molecule has 0 radical (unpaired) electrons. The van der Waals surface area contributed by atoms with Crippen LogP contribution in [0.25, 0.3) is 0 Å². The number of rotatable bonds is 9. The molecule has 2 aromatic rings. The van der Waals surface area contributed by atoms with E-state index in [1.165, 1.54) is 36.4 Å². The zero-order valence-corrected chi connectivity index (χ0v) is 18.9. The first-order chi connectivity index (χ1) is 15.6. The fourth-order valence-electron chi connectivity index (χ4n) is 2.65. The minimum atomic E-state index is -3.78. The van der Waals surface area contributed by atoms with Gasteiger partial charge in [-0.05, 0) is 36.4 Å². The number of benzene rings is 2. The minimum Gasteiger partial charge on any atom is -0.465 e. The van der Waals surface area contributed by atoms with E-state index < -0.39 is 40.4 Å². The Morgan fingerprint density at radius 2 is 1.45 bits per heavy atom. The fraction of sp³-hybridized carbons (Fsp3) is 0.238. The van der Waals surface area contributed by atoms with Crippen LogP contribution in [0.4, 0.5) is 5.69 Å². The molecule has 0 bridgehead atoms. The van der Waals surface area contributed by atoms with Gasteiger partial charge >= 0.3 is 17.9 Å². The number of carbonyl (C=O) groups is 4. The first-order valence-electron chi connectivity index (χ1n) is 9.49. The average Bonchev–Trinajstić information content (AvgIpc) is 2.81. The molecule has 0 spiro atoms. The van der Waals surface area contributed by atoms with Crippen molar-refractivity contribution in [2.45, 2.75) is 11.8 Å². The molecular weight excluding hydrogens is 456 g/mol. The summed E-state index contributed by atoms with van der Waals surface area (Å²) in [4.78, 5) is 48.0. The van der Waals surface area contributed by atoms with Gasteiger partial charge in [0.25, 0.3) is 5.91 Å². The third kappa shape index (κ3) is 6.85. The zero-order valence-electron chi connectivity index (χ0n) is 18.0. The van der Waals surface area contributed by atoms with Crippen molar-refractivity contribution in [1.29, 1.82) is 0 Å². The molecule has 2 aromatic carbocycles. The highest BCUT2D eigenvalue weighted by atomic mass is 32.2. The summed E-state index contributed by atoms with van der Waals surface area (Å²) in [7, 11) is -1.47. The molecule has 0 aliphatic carbocycles. The second-order valence-electron chi connectivity index (χ2n) is 6.44. The molecule has 1 amide bonds. The van der Waals surface area contributed by atoms with Gasteiger partial charge in [0.15, 0.2) is 6.61 Å². The number of methoxy groups -OCH3 is 2. The summed E-state index contributed by atoms with van der Waals surface area (Å²) < 4.78 is 40.6. The molecule has 176 valence electrons. The van der Waals surface area contributed by atoms with Crippen molar-refractivity contribution >= 4 is 39.5 Å². The van der Waals surface area contributed by atoms with Crippen molar-refractivity contribution in [3.8, 4) is 0 Å². The van der Waals surface area contributed by atoms with E-state index >= 15 is 0 Å². The molecule has 12 heteroatoms. The van der Waals surface area contributed by atoms with E-state index in [4.69, 9.17) is 4.74 Å². The van der Waals surface area contributed by atoms with Crippen LogP contribution in [0.3, 0.4) is 0 Å². The average molecular weight is 478 g/mol. The number of carbonyl (C=O) groups excluding carboxylic acids is 4. The van der Waals surface area contributed by atoms with Gasteiger partial charge in [0.1, 0.15) is 0 Å². The Morgan fingerprint density at radius 1 is 0.848 bits per heavy atom. The highest BCUT2D eigenvalue weighted by Gasteiger charge is 2.18. The first kappa shape index (κ1) is 25.5. The second-order valence-corrected chi connectivity index (χ2v) is 8.20. The molecule has 0 unspecified atom stereocenters. The lowest BCUT2D eigenvalue weighted by Crippen LogP contribution is -2.24. The fourth-order valence-corrected chi connectivity index (χ4v) is 3.73. The smallest absolute Gasteiger partial charge is 0.338 e.